The van der Waals surface area contributed by atoms with Crippen molar-refractivity contribution < 1.29 is 14.7 Å². The number of anilines is 1. The largest absolute Gasteiger partial charge is 0.478 e. The molecule has 1 aromatic heterocycles. The zero-order valence-electron chi connectivity index (χ0n) is 19.7. The molecule has 0 aliphatic carbocycles. The maximum absolute atomic E-state index is 13.6. The molecule has 3 aromatic rings. The van der Waals surface area contributed by atoms with Gasteiger partial charge in [-0.1, -0.05) is 53.4 Å². The van der Waals surface area contributed by atoms with Crippen molar-refractivity contribution in [2.75, 3.05) is 18.0 Å². The third kappa shape index (κ3) is 6.55. The molecule has 1 amide bonds. The molecule has 182 valence electrons. The monoisotopic (exact) mass is 535 g/mol. The first-order valence-corrected chi connectivity index (χ1v) is 12.9. The van der Waals surface area contributed by atoms with Crippen LogP contribution in [0.1, 0.15) is 63.9 Å². The summed E-state index contributed by atoms with van der Waals surface area (Å²) in [4.78, 5) is 33.6. The number of benzene rings is 2. The molecule has 7 heteroatoms. The molecule has 0 unspecified atom stereocenters. The van der Waals surface area contributed by atoms with E-state index in [0.717, 1.165) is 60.9 Å². The van der Waals surface area contributed by atoms with E-state index in [1.54, 1.807) is 47.6 Å². The van der Waals surface area contributed by atoms with Gasteiger partial charge in [-0.2, -0.15) is 0 Å². The number of fused-ring (bicyclic) bond motifs is 1. The van der Waals surface area contributed by atoms with Crippen molar-refractivity contribution in [2.24, 2.45) is 0 Å². The van der Waals surface area contributed by atoms with Gasteiger partial charge in [0.25, 0.3) is 5.91 Å². The maximum Gasteiger partial charge on any atom is 0.335 e. The van der Waals surface area contributed by atoms with Crippen molar-refractivity contribution in [3.8, 4) is 0 Å². The van der Waals surface area contributed by atoms with E-state index in [1.165, 1.54) is 5.56 Å². The average molecular weight is 536 g/mol. The summed E-state index contributed by atoms with van der Waals surface area (Å²) >= 11 is 3.66. The van der Waals surface area contributed by atoms with Crippen LogP contribution in [0, 0.1) is 0 Å². The van der Waals surface area contributed by atoms with Gasteiger partial charge < -0.3 is 10.0 Å². The number of hydrogen-bond acceptors (Lipinski definition) is 4. The third-order valence-electron chi connectivity index (χ3n) is 6.37. The van der Waals surface area contributed by atoms with Crippen molar-refractivity contribution >= 4 is 33.5 Å². The summed E-state index contributed by atoms with van der Waals surface area (Å²) < 4.78 is 1.05. The Kier molecular flexibility index (Phi) is 8.66. The van der Waals surface area contributed by atoms with Crippen LogP contribution in [0.3, 0.4) is 0 Å². The van der Waals surface area contributed by atoms with Crippen LogP contribution in [0.25, 0.3) is 0 Å². The third-order valence-corrected chi connectivity index (χ3v) is 7.15. The number of aromatic nitrogens is 1. The summed E-state index contributed by atoms with van der Waals surface area (Å²) in [5.74, 6) is -1.08. The van der Waals surface area contributed by atoms with Crippen molar-refractivity contribution in [3.63, 3.8) is 0 Å². The van der Waals surface area contributed by atoms with Gasteiger partial charge in [0.15, 0.2) is 0 Å². The van der Waals surface area contributed by atoms with Gasteiger partial charge in [-0.3, -0.25) is 14.7 Å². The summed E-state index contributed by atoms with van der Waals surface area (Å²) in [6, 6.07) is 16.8. The van der Waals surface area contributed by atoms with E-state index in [0.29, 0.717) is 18.7 Å². The number of carboxylic acids is 1. The van der Waals surface area contributed by atoms with Gasteiger partial charge >= 0.3 is 5.97 Å². The molecule has 1 aliphatic rings. The number of amides is 1. The van der Waals surface area contributed by atoms with E-state index >= 15 is 0 Å². The lowest BCUT2D eigenvalue weighted by Crippen LogP contribution is -2.34. The minimum atomic E-state index is -0.971. The van der Waals surface area contributed by atoms with Crippen LogP contribution in [0.4, 0.5) is 5.69 Å². The van der Waals surface area contributed by atoms with Crippen LogP contribution < -0.4 is 4.90 Å². The van der Waals surface area contributed by atoms with Gasteiger partial charge in [-0.25, -0.2) is 4.79 Å². The second-order valence-electron chi connectivity index (χ2n) is 8.92. The molecular formula is C28H30BrN3O3. The first kappa shape index (κ1) is 25.1. The molecule has 0 bridgehead atoms. The van der Waals surface area contributed by atoms with Crippen LogP contribution in [0.15, 0.2) is 71.5 Å². The zero-order chi connectivity index (χ0) is 24.6. The lowest BCUT2D eigenvalue weighted by molar-refractivity contribution is 0.0696. The standard InChI is InChI=1S/C28H30BrN3O3/c29-25-11-5-4-9-23(25)19-31-15-6-2-1-3-7-16-32(27(33)22-10-8-14-30-18-22)26-13-12-21(28(34)35)17-24(26)20-31/h4-5,8-14,17-18H,1-3,6-7,15-16,19-20H2,(H,34,35). The van der Waals surface area contributed by atoms with Gasteiger partial charge in [0.2, 0.25) is 0 Å². The SMILES string of the molecule is O=C(O)c1ccc2c(c1)CN(Cc1ccccc1Br)CCCCCCCN2C(=O)c1cccnc1. The van der Waals surface area contributed by atoms with E-state index in [1.807, 2.05) is 18.2 Å². The highest BCUT2D eigenvalue weighted by Crippen LogP contribution is 2.28. The van der Waals surface area contributed by atoms with Gasteiger partial charge in [-0.15, -0.1) is 0 Å². The topological polar surface area (TPSA) is 73.7 Å². The van der Waals surface area contributed by atoms with Crippen LogP contribution >= 0.6 is 15.9 Å². The highest BCUT2D eigenvalue weighted by Gasteiger charge is 2.23. The fraction of sp³-hybridized carbons (Fsp3) is 0.321. The first-order valence-electron chi connectivity index (χ1n) is 12.1. The predicted octanol–water partition coefficient (Wildman–Crippen LogP) is 6.16. The predicted molar refractivity (Wildman–Crippen MR) is 141 cm³/mol. The number of pyridine rings is 1. The molecule has 4 rings (SSSR count). The first-order chi connectivity index (χ1) is 17.0. The van der Waals surface area contributed by atoms with Gasteiger partial charge in [0.05, 0.1) is 11.1 Å². The van der Waals surface area contributed by atoms with Crippen molar-refractivity contribution in [2.45, 2.75) is 45.2 Å². The number of carbonyl (C=O) groups excluding carboxylic acids is 1. The van der Waals surface area contributed by atoms with Crippen LogP contribution in [0.5, 0.6) is 0 Å². The molecule has 0 saturated carbocycles. The van der Waals surface area contributed by atoms with E-state index in [9.17, 15) is 14.7 Å². The number of carboxylic acid groups (broad SMARTS) is 1. The Bertz CT molecular complexity index is 1170. The number of rotatable bonds is 4. The lowest BCUT2D eigenvalue weighted by Gasteiger charge is -2.30. The Labute approximate surface area is 214 Å². The Morgan fingerprint density at radius 3 is 2.43 bits per heavy atom. The van der Waals surface area contributed by atoms with E-state index in [2.05, 4.69) is 31.9 Å². The molecule has 1 aliphatic heterocycles. The summed E-state index contributed by atoms with van der Waals surface area (Å²) in [6.07, 6.45) is 8.52. The Morgan fingerprint density at radius 1 is 0.914 bits per heavy atom. The van der Waals surface area contributed by atoms with Crippen LogP contribution in [-0.2, 0) is 13.1 Å². The smallest absolute Gasteiger partial charge is 0.335 e. The Morgan fingerprint density at radius 2 is 1.69 bits per heavy atom. The minimum absolute atomic E-state index is 0.114. The molecule has 0 fully saturated rings. The zero-order valence-corrected chi connectivity index (χ0v) is 21.3. The normalized spacial score (nSPS) is 15.5. The number of aromatic carboxylic acids is 1. The van der Waals surface area contributed by atoms with E-state index in [-0.39, 0.29) is 11.5 Å². The number of nitrogens with zero attached hydrogens (tertiary/aromatic N) is 3. The van der Waals surface area contributed by atoms with Crippen molar-refractivity contribution in [1.29, 1.82) is 0 Å². The number of hydrogen-bond donors (Lipinski definition) is 1. The second kappa shape index (κ2) is 12.1. The summed E-state index contributed by atoms with van der Waals surface area (Å²) in [5, 5.41) is 9.68. The minimum Gasteiger partial charge on any atom is -0.478 e. The molecule has 35 heavy (non-hydrogen) atoms. The number of carbonyl (C=O) groups is 2. The van der Waals surface area contributed by atoms with E-state index in [4.69, 9.17) is 0 Å². The molecule has 0 radical (unpaired) electrons. The molecule has 2 heterocycles. The van der Waals surface area contributed by atoms with Crippen molar-refractivity contribution in [1.82, 2.24) is 9.88 Å². The van der Waals surface area contributed by atoms with Crippen LogP contribution in [-0.4, -0.2) is 40.0 Å². The van der Waals surface area contributed by atoms with Crippen LogP contribution in [0.2, 0.25) is 0 Å². The lowest BCUT2D eigenvalue weighted by atomic mass is 10.0. The molecular weight excluding hydrogens is 506 g/mol. The molecule has 6 nitrogen and oxygen atoms in total. The summed E-state index contributed by atoms with van der Waals surface area (Å²) in [7, 11) is 0. The molecule has 0 spiro atoms. The molecule has 0 saturated heterocycles. The fourth-order valence-electron chi connectivity index (χ4n) is 4.54. The van der Waals surface area contributed by atoms with E-state index < -0.39 is 5.97 Å². The fourth-order valence-corrected chi connectivity index (χ4v) is 4.95. The second-order valence-corrected chi connectivity index (χ2v) is 9.77. The summed E-state index contributed by atoms with van der Waals surface area (Å²) in [5.41, 5.74) is 3.54. The number of halogens is 1. The summed E-state index contributed by atoms with van der Waals surface area (Å²) in [6.45, 7) is 2.76. The maximum atomic E-state index is 13.6. The highest BCUT2D eigenvalue weighted by atomic mass is 79.9. The quantitative estimate of drug-likeness (QED) is 0.433. The van der Waals surface area contributed by atoms with Gasteiger partial charge in [-0.05, 0) is 66.9 Å². The molecule has 1 N–H and O–H groups in total. The average Bonchev–Trinajstić information content (AvgIpc) is 2.86. The Balaban J connectivity index is 1.74. The van der Waals surface area contributed by atoms with Gasteiger partial charge in [0.1, 0.15) is 0 Å². The Hall–Kier alpha value is -3.03. The molecule has 0 atom stereocenters. The van der Waals surface area contributed by atoms with Gasteiger partial charge in [0, 0.05) is 42.2 Å². The van der Waals surface area contributed by atoms with Crippen molar-refractivity contribution in [3.05, 3.63) is 93.7 Å². The molecule has 2 aromatic carbocycles. The highest BCUT2D eigenvalue weighted by molar-refractivity contribution is 9.10.